The topological polar surface area (TPSA) is 83.4 Å². The molecule has 1 amide bonds. The lowest BCUT2D eigenvalue weighted by Gasteiger charge is -2.36. The van der Waals surface area contributed by atoms with Gasteiger partial charge in [-0.3, -0.25) is 4.79 Å². The summed E-state index contributed by atoms with van der Waals surface area (Å²) in [6.07, 6.45) is 2.33. The van der Waals surface area contributed by atoms with Gasteiger partial charge in [-0.15, -0.1) is 5.10 Å². The van der Waals surface area contributed by atoms with Gasteiger partial charge in [0.1, 0.15) is 10.9 Å². The normalized spacial score (nSPS) is 22.6. The summed E-state index contributed by atoms with van der Waals surface area (Å²) in [6, 6.07) is -0.738. The van der Waals surface area contributed by atoms with Crippen molar-refractivity contribution in [3.63, 3.8) is 0 Å². The number of carboxylic acid groups (broad SMARTS) is 1. The lowest BCUT2D eigenvalue weighted by atomic mass is 9.88. The van der Waals surface area contributed by atoms with Gasteiger partial charge >= 0.3 is 5.97 Å². The van der Waals surface area contributed by atoms with Crippen LogP contribution in [0.1, 0.15) is 61.3 Å². The Bertz CT molecular complexity index is 529. The minimum Gasteiger partial charge on any atom is -0.480 e. The van der Waals surface area contributed by atoms with Gasteiger partial charge < -0.3 is 10.0 Å². The molecule has 6 nitrogen and oxygen atoms in total. The largest absolute Gasteiger partial charge is 0.480 e. The smallest absolute Gasteiger partial charge is 0.326 e. The molecule has 1 fully saturated rings. The summed E-state index contributed by atoms with van der Waals surface area (Å²) < 4.78 is 3.86. The van der Waals surface area contributed by atoms with Crippen molar-refractivity contribution >= 4 is 23.4 Å². The highest BCUT2D eigenvalue weighted by atomic mass is 32.1. The molecule has 1 aromatic rings. The Morgan fingerprint density at radius 3 is 2.76 bits per heavy atom. The first-order valence-corrected chi connectivity index (χ1v) is 8.09. The molecule has 1 aliphatic heterocycles. The average Bonchev–Trinajstić information content (AvgIpc) is 2.95. The Kier molecular flexibility index (Phi) is 4.92. The first kappa shape index (κ1) is 15.9. The summed E-state index contributed by atoms with van der Waals surface area (Å²) in [6.45, 7) is 6.45. The Labute approximate surface area is 128 Å². The fourth-order valence-electron chi connectivity index (χ4n) is 2.74. The van der Waals surface area contributed by atoms with E-state index in [1.807, 2.05) is 13.8 Å². The molecule has 1 aromatic heterocycles. The van der Waals surface area contributed by atoms with E-state index in [1.165, 1.54) is 4.90 Å². The molecule has 2 atom stereocenters. The fraction of sp³-hybridized carbons (Fsp3) is 0.714. The molecule has 116 valence electrons. The van der Waals surface area contributed by atoms with Gasteiger partial charge in [-0.05, 0) is 36.2 Å². The lowest BCUT2D eigenvalue weighted by molar-refractivity contribution is -0.144. The molecular formula is C14H21N3O3S. The highest BCUT2D eigenvalue weighted by Gasteiger charge is 2.37. The maximum atomic E-state index is 12.7. The van der Waals surface area contributed by atoms with Crippen molar-refractivity contribution in [1.82, 2.24) is 14.5 Å². The molecule has 0 aliphatic carbocycles. The number of carbonyl (C=O) groups excluding carboxylic acids is 1. The molecule has 1 aliphatic rings. The number of rotatable bonds is 4. The van der Waals surface area contributed by atoms with Gasteiger partial charge in [-0.1, -0.05) is 31.7 Å². The van der Waals surface area contributed by atoms with Gasteiger partial charge in [0.25, 0.3) is 5.91 Å². The first-order valence-electron chi connectivity index (χ1n) is 7.31. The first-order chi connectivity index (χ1) is 9.95. The van der Waals surface area contributed by atoms with E-state index in [4.69, 9.17) is 0 Å². The Morgan fingerprint density at radius 2 is 2.19 bits per heavy atom. The van der Waals surface area contributed by atoms with Crippen LogP contribution in [-0.4, -0.2) is 44.1 Å². The van der Waals surface area contributed by atoms with Gasteiger partial charge in [0, 0.05) is 6.54 Å². The molecular weight excluding hydrogens is 290 g/mol. The maximum absolute atomic E-state index is 12.7. The second-order valence-electron chi connectivity index (χ2n) is 5.79. The van der Waals surface area contributed by atoms with Gasteiger partial charge in [0.15, 0.2) is 0 Å². The number of carboxylic acids is 1. The van der Waals surface area contributed by atoms with E-state index in [2.05, 4.69) is 16.5 Å². The van der Waals surface area contributed by atoms with Crippen LogP contribution in [0.2, 0.25) is 0 Å². The van der Waals surface area contributed by atoms with Crippen LogP contribution in [-0.2, 0) is 4.79 Å². The number of carbonyl (C=O) groups is 2. The zero-order valence-corrected chi connectivity index (χ0v) is 13.4. The molecule has 0 radical (unpaired) electrons. The molecule has 2 heterocycles. The van der Waals surface area contributed by atoms with Gasteiger partial charge in [-0.25, -0.2) is 4.79 Å². The average molecular weight is 311 g/mol. The van der Waals surface area contributed by atoms with E-state index in [-0.39, 0.29) is 11.8 Å². The van der Waals surface area contributed by atoms with Gasteiger partial charge in [-0.2, -0.15) is 0 Å². The molecule has 21 heavy (non-hydrogen) atoms. The number of likely N-dealkylation sites (tertiary alicyclic amines) is 1. The maximum Gasteiger partial charge on any atom is 0.326 e. The van der Waals surface area contributed by atoms with Crippen LogP contribution < -0.4 is 0 Å². The summed E-state index contributed by atoms with van der Waals surface area (Å²) in [4.78, 5) is 26.1. The summed E-state index contributed by atoms with van der Waals surface area (Å²) in [5.74, 6) is -0.695. The number of aromatic nitrogens is 2. The molecule has 0 saturated carbocycles. The minimum atomic E-state index is -0.926. The van der Waals surface area contributed by atoms with E-state index < -0.39 is 12.0 Å². The summed E-state index contributed by atoms with van der Waals surface area (Å²) in [5, 5.41) is 13.4. The zero-order valence-electron chi connectivity index (χ0n) is 12.6. The van der Waals surface area contributed by atoms with Crippen LogP contribution in [0, 0.1) is 5.92 Å². The molecule has 0 bridgehead atoms. The van der Waals surface area contributed by atoms with E-state index >= 15 is 0 Å². The number of hydrogen-bond acceptors (Lipinski definition) is 5. The summed E-state index contributed by atoms with van der Waals surface area (Å²) in [7, 11) is 0. The second-order valence-corrected chi connectivity index (χ2v) is 6.55. The van der Waals surface area contributed by atoms with Crippen molar-refractivity contribution in [3.8, 4) is 0 Å². The van der Waals surface area contributed by atoms with E-state index in [1.54, 1.807) is 0 Å². The number of amides is 1. The van der Waals surface area contributed by atoms with E-state index in [9.17, 15) is 14.7 Å². The van der Waals surface area contributed by atoms with Crippen LogP contribution in [0.3, 0.4) is 0 Å². The molecule has 0 spiro atoms. The summed E-state index contributed by atoms with van der Waals surface area (Å²) in [5.41, 5.74) is 0.659. The zero-order chi connectivity index (χ0) is 15.6. The quantitative estimate of drug-likeness (QED) is 0.923. The third-order valence-electron chi connectivity index (χ3n) is 4.09. The van der Waals surface area contributed by atoms with Crippen molar-refractivity contribution < 1.29 is 14.7 Å². The van der Waals surface area contributed by atoms with Crippen molar-refractivity contribution in [2.24, 2.45) is 5.92 Å². The second kappa shape index (κ2) is 6.51. The molecule has 7 heteroatoms. The molecule has 0 aromatic carbocycles. The monoisotopic (exact) mass is 311 g/mol. The van der Waals surface area contributed by atoms with E-state index in [0.29, 0.717) is 29.5 Å². The standard InChI is InChI=1S/C14H21N3O3S/c1-4-9-5-6-17(10(7-9)14(19)20)13(18)12-11(8(2)3)15-16-21-12/h8-10H,4-7H2,1-3H3,(H,19,20). The van der Waals surface area contributed by atoms with Crippen molar-refractivity contribution in [2.75, 3.05) is 6.54 Å². The number of nitrogens with zero attached hydrogens (tertiary/aromatic N) is 3. The van der Waals surface area contributed by atoms with Crippen LogP contribution in [0.4, 0.5) is 0 Å². The third-order valence-corrected chi connectivity index (χ3v) is 4.82. The SMILES string of the molecule is CCC1CCN(C(=O)c2snnc2C(C)C)C(C(=O)O)C1. The van der Waals surface area contributed by atoms with Gasteiger partial charge in [0.05, 0.1) is 5.69 Å². The molecule has 2 unspecified atom stereocenters. The number of aliphatic carboxylic acids is 1. The Balaban J connectivity index is 2.24. The predicted octanol–water partition coefficient (Wildman–Crippen LogP) is 2.38. The van der Waals surface area contributed by atoms with Crippen LogP contribution >= 0.6 is 11.5 Å². The van der Waals surface area contributed by atoms with Crippen LogP contribution in [0.5, 0.6) is 0 Å². The third kappa shape index (κ3) is 3.23. The van der Waals surface area contributed by atoms with Crippen molar-refractivity contribution in [3.05, 3.63) is 10.6 Å². The highest BCUT2D eigenvalue weighted by molar-refractivity contribution is 7.08. The highest BCUT2D eigenvalue weighted by Crippen LogP contribution is 2.29. The predicted molar refractivity (Wildman–Crippen MR) is 79.5 cm³/mol. The molecule has 1 N–H and O–H groups in total. The molecule has 2 rings (SSSR count). The lowest BCUT2D eigenvalue weighted by Crippen LogP contribution is -2.50. The van der Waals surface area contributed by atoms with Crippen LogP contribution in [0.25, 0.3) is 0 Å². The Morgan fingerprint density at radius 1 is 1.48 bits per heavy atom. The van der Waals surface area contributed by atoms with Gasteiger partial charge in [0.2, 0.25) is 0 Å². The number of piperidine rings is 1. The van der Waals surface area contributed by atoms with E-state index in [0.717, 1.165) is 24.4 Å². The number of hydrogen-bond donors (Lipinski definition) is 1. The Hall–Kier alpha value is -1.50. The van der Waals surface area contributed by atoms with Crippen molar-refractivity contribution in [2.45, 2.75) is 52.0 Å². The summed E-state index contributed by atoms with van der Waals surface area (Å²) >= 11 is 1.05. The minimum absolute atomic E-state index is 0.0964. The molecule has 1 saturated heterocycles. The van der Waals surface area contributed by atoms with Crippen molar-refractivity contribution in [1.29, 1.82) is 0 Å². The van der Waals surface area contributed by atoms with Crippen LogP contribution in [0.15, 0.2) is 0 Å². The fourth-order valence-corrected chi connectivity index (χ4v) is 3.52.